The number of nitrogens with zero attached hydrogens (tertiary/aromatic N) is 1. The smallest absolute Gasteiger partial charge is 0.235 e. The average molecular weight is 274 g/mol. The topological polar surface area (TPSA) is 46.3 Å². The van der Waals surface area contributed by atoms with Crippen molar-refractivity contribution in [1.29, 1.82) is 0 Å². The molecule has 1 heterocycles. The zero-order chi connectivity index (χ0) is 13.1. The third kappa shape index (κ3) is 2.76. The maximum absolute atomic E-state index is 12.7. The lowest BCUT2D eigenvalue weighted by atomic mass is 9.80. The number of carbonyl (C=O) groups is 1. The van der Waals surface area contributed by atoms with Gasteiger partial charge in [0.2, 0.25) is 5.91 Å². The van der Waals surface area contributed by atoms with E-state index in [4.69, 9.17) is 18.0 Å². The molecule has 0 aromatic heterocycles. The van der Waals surface area contributed by atoms with Gasteiger partial charge in [0.25, 0.3) is 0 Å². The number of thioether (sulfide) groups is 1. The van der Waals surface area contributed by atoms with Gasteiger partial charge in [0.05, 0.1) is 10.4 Å². The van der Waals surface area contributed by atoms with Crippen molar-refractivity contribution < 1.29 is 4.79 Å². The Bertz CT molecular complexity index is 303. The molecule has 5 heteroatoms. The third-order valence-electron chi connectivity index (χ3n) is 3.72. The molecule has 1 aliphatic heterocycles. The zero-order valence-electron chi connectivity index (χ0n) is 10.9. The van der Waals surface area contributed by atoms with E-state index in [-0.39, 0.29) is 11.9 Å². The Morgan fingerprint density at radius 3 is 2.53 bits per heavy atom. The Hall–Kier alpha value is -0.290. The standard InChI is InChI=1S/C12H22N2OS2/c1-4-12(5-2,10(13)16)11(15)14-6-7-17-8-9(14)3/h9H,4-8H2,1-3H3,(H2,13,16). The van der Waals surface area contributed by atoms with Gasteiger partial charge in [0, 0.05) is 24.1 Å². The Labute approximate surface area is 113 Å². The van der Waals surface area contributed by atoms with Crippen LogP contribution in [0.1, 0.15) is 33.6 Å². The molecule has 1 unspecified atom stereocenters. The minimum atomic E-state index is -0.633. The molecule has 0 saturated carbocycles. The Kier molecular flexibility index (Phi) is 5.25. The molecular formula is C12H22N2OS2. The molecule has 1 atom stereocenters. The van der Waals surface area contributed by atoms with Crippen LogP contribution in [0, 0.1) is 5.41 Å². The average Bonchev–Trinajstić information content (AvgIpc) is 2.31. The second-order valence-corrected chi connectivity index (χ2v) is 6.17. The van der Waals surface area contributed by atoms with Gasteiger partial charge in [-0.3, -0.25) is 4.79 Å². The van der Waals surface area contributed by atoms with E-state index in [2.05, 4.69) is 6.92 Å². The van der Waals surface area contributed by atoms with Gasteiger partial charge in [-0.05, 0) is 19.8 Å². The number of hydrogen-bond acceptors (Lipinski definition) is 3. The van der Waals surface area contributed by atoms with E-state index in [9.17, 15) is 4.79 Å². The fourth-order valence-electron chi connectivity index (χ4n) is 2.31. The highest BCUT2D eigenvalue weighted by molar-refractivity contribution is 7.99. The summed E-state index contributed by atoms with van der Waals surface area (Å²) in [4.78, 5) is 15.0. The van der Waals surface area contributed by atoms with Crippen LogP contribution in [0.3, 0.4) is 0 Å². The molecule has 0 aromatic rings. The largest absolute Gasteiger partial charge is 0.392 e. The summed E-state index contributed by atoms with van der Waals surface area (Å²) in [7, 11) is 0. The molecule has 98 valence electrons. The number of thiocarbonyl (C=S) groups is 1. The molecule has 1 amide bonds. The third-order valence-corrected chi connectivity index (χ3v) is 5.30. The van der Waals surface area contributed by atoms with E-state index in [1.165, 1.54) is 0 Å². The van der Waals surface area contributed by atoms with Crippen molar-refractivity contribution in [3.8, 4) is 0 Å². The summed E-state index contributed by atoms with van der Waals surface area (Å²) in [5.41, 5.74) is 5.19. The maximum Gasteiger partial charge on any atom is 0.235 e. The molecule has 1 rings (SSSR count). The minimum Gasteiger partial charge on any atom is -0.392 e. The zero-order valence-corrected chi connectivity index (χ0v) is 12.5. The maximum atomic E-state index is 12.7. The van der Waals surface area contributed by atoms with Crippen LogP contribution >= 0.6 is 24.0 Å². The molecule has 2 N–H and O–H groups in total. The summed E-state index contributed by atoms with van der Waals surface area (Å²) >= 11 is 7.04. The molecule has 1 aliphatic rings. The van der Waals surface area contributed by atoms with Gasteiger partial charge in [0.15, 0.2) is 0 Å². The molecule has 3 nitrogen and oxygen atoms in total. The van der Waals surface area contributed by atoms with Crippen molar-refractivity contribution >= 4 is 34.9 Å². The summed E-state index contributed by atoms with van der Waals surface area (Å²) < 4.78 is 0. The first-order chi connectivity index (χ1) is 7.99. The lowest BCUT2D eigenvalue weighted by Crippen LogP contribution is -2.55. The van der Waals surface area contributed by atoms with Gasteiger partial charge in [-0.15, -0.1) is 0 Å². The SMILES string of the molecule is CCC(CC)(C(=O)N1CCSCC1C)C(N)=S. The molecule has 0 radical (unpaired) electrons. The van der Waals surface area contributed by atoms with Gasteiger partial charge in [-0.2, -0.15) is 11.8 Å². The van der Waals surface area contributed by atoms with E-state index in [0.717, 1.165) is 18.1 Å². The summed E-state index contributed by atoms with van der Waals surface area (Å²) in [6, 6.07) is 0.285. The summed E-state index contributed by atoms with van der Waals surface area (Å²) in [5.74, 6) is 2.14. The van der Waals surface area contributed by atoms with Gasteiger partial charge in [-0.25, -0.2) is 0 Å². The van der Waals surface area contributed by atoms with E-state index in [1.807, 2.05) is 30.5 Å². The van der Waals surface area contributed by atoms with Gasteiger partial charge in [-0.1, -0.05) is 26.1 Å². The first-order valence-corrected chi connectivity index (χ1v) is 7.74. The van der Waals surface area contributed by atoms with Crippen LogP contribution in [-0.4, -0.2) is 39.9 Å². The van der Waals surface area contributed by atoms with Gasteiger partial charge < -0.3 is 10.6 Å². The first-order valence-electron chi connectivity index (χ1n) is 6.18. The number of amides is 1. The second-order valence-electron chi connectivity index (χ2n) is 4.58. The fourth-order valence-corrected chi connectivity index (χ4v) is 3.70. The molecule has 0 aliphatic carbocycles. The minimum absolute atomic E-state index is 0.128. The van der Waals surface area contributed by atoms with Crippen LogP contribution in [0.15, 0.2) is 0 Å². The molecule has 1 saturated heterocycles. The highest BCUT2D eigenvalue weighted by Crippen LogP contribution is 2.32. The van der Waals surface area contributed by atoms with Crippen molar-refractivity contribution in [2.45, 2.75) is 39.7 Å². The van der Waals surface area contributed by atoms with Crippen molar-refractivity contribution in [3.63, 3.8) is 0 Å². The van der Waals surface area contributed by atoms with Crippen molar-refractivity contribution in [3.05, 3.63) is 0 Å². The van der Waals surface area contributed by atoms with Gasteiger partial charge >= 0.3 is 0 Å². The Morgan fingerprint density at radius 1 is 1.53 bits per heavy atom. The number of rotatable bonds is 4. The highest BCUT2D eigenvalue weighted by atomic mass is 32.2. The van der Waals surface area contributed by atoms with Crippen molar-refractivity contribution in [1.82, 2.24) is 4.90 Å². The summed E-state index contributed by atoms with van der Waals surface area (Å²) in [5, 5.41) is 0. The number of hydrogen-bond donors (Lipinski definition) is 1. The first kappa shape index (κ1) is 14.8. The lowest BCUT2D eigenvalue weighted by molar-refractivity contribution is -0.140. The van der Waals surface area contributed by atoms with E-state index in [0.29, 0.717) is 17.8 Å². The Balaban J connectivity index is 2.94. The highest BCUT2D eigenvalue weighted by Gasteiger charge is 2.42. The summed E-state index contributed by atoms with van der Waals surface area (Å²) in [6.45, 7) is 6.89. The van der Waals surface area contributed by atoms with E-state index >= 15 is 0 Å². The van der Waals surface area contributed by atoms with Crippen LogP contribution < -0.4 is 5.73 Å². The molecular weight excluding hydrogens is 252 g/mol. The van der Waals surface area contributed by atoms with Crippen molar-refractivity contribution in [2.75, 3.05) is 18.1 Å². The van der Waals surface area contributed by atoms with Crippen LogP contribution in [0.25, 0.3) is 0 Å². The normalized spacial score (nSPS) is 21.4. The molecule has 0 spiro atoms. The Morgan fingerprint density at radius 2 is 2.12 bits per heavy atom. The predicted molar refractivity (Wildman–Crippen MR) is 78.3 cm³/mol. The number of carbonyl (C=O) groups excluding carboxylic acids is 1. The van der Waals surface area contributed by atoms with Gasteiger partial charge in [0.1, 0.15) is 0 Å². The quantitative estimate of drug-likeness (QED) is 0.797. The number of nitrogens with two attached hydrogens (primary N) is 1. The molecule has 17 heavy (non-hydrogen) atoms. The van der Waals surface area contributed by atoms with E-state index in [1.54, 1.807) is 0 Å². The van der Waals surface area contributed by atoms with Crippen LogP contribution in [0.4, 0.5) is 0 Å². The monoisotopic (exact) mass is 274 g/mol. The van der Waals surface area contributed by atoms with Crippen LogP contribution in [0.5, 0.6) is 0 Å². The molecule has 0 bridgehead atoms. The van der Waals surface area contributed by atoms with Crippen LogP contribution in [-0.2, 0) is 4.79 Å². The molecule has 1 fully saturated rings. The second kappa shape index (κ2) is 6.05. The predicted octanol–water partition coefficient (Wildman–Crippen LogP) is 2.04. The van der Waals surface area contributed by atoms with Crippen molar-refractivity contribution in [2.24, 2.45) is 11.1 Å². The fraction of sp³-hybridized carbons (Fsp3) is 0.833. The summed E-state index contributed by atoms with van der Waals surface area (Å²) in [6.07, 6.45) is 1.38. The molecule has 0 aromatic carbocycles. The van der Waals surface area contributed by atoms with E-state index < -0.39 is 5.41 Å². The van der Waals surface area contributed by atoms with Crippen LogP contribution in [0.2, 0.25) is 0 Å². The lowest BCUT2D eigenvalue weighted by Gasteiger charge is -2.40.